The molecule has 0 aromatic carbocycles. The molecule has 176 valence electrons. The van der Waals surface area contributed by atoms with Gasteiger partial charge in [-0.2, -0.15) is 0 Å². The Morgan fingerprint density at radius 1 is 1.28 bits per heavy atom. The number of aliphatic hydroxyl groups is 2. The zero-order valence-corrected chi connectivity index (χ0v) is 18.8. The zero-order valence-electron chi connectivity index (χ0n) is 18.8. The van der Waals surface area contributed by atoms with E-state index < -0.39 is 75.9 Å². The molecule has 3 fully saturated rings. The molecule has 0 bridgehead atoms. The van der Waals surface area contributed by atoms with Crippen molar-refractivity contribution in [2.75, 3.05) is 6.61 Å². The van der Waals surface area contributed by atoms with Crippen LogP contribution in [0, 0.1) is 28.6 Å². The highest BCUT2D eigenvalue weighted by Crippen LogP contribution is 2.71. The largest absolute Gasteiger partial charge is 0.450 e. The molecule has 0 unspecified atom stereocenters. The molecule has 4 aliphatic carbocycles. The first-order valence-electron chi connectivity index (χ1n) is 11.1. The van der Waals surface area contributed by atoms with Crippen molar-refractivity contribution in [3.8, 4) is 0 Å². The van der Waals surface area contributed by atoms with Gasteiger partial charge in [-0.05, 0) is 50.2 Å². The van der Waals surface area contributed by atoms with Gasteiger partial charge in [0.2, 0.25) is 11.6 Å². The van der Waals surface area contributed by atoms with Crippen molar-refractivity contribution >= 4 is 17.5 Å². The Bertz CT molecular complexity index is 958. The van der Waals surface area contributed by atoms with E-state index in [0.717, 1.165) is 6.08 Å². The van der Waals surface area contributed by atoms with Gasteiger partial charge in [-0.1, -0.05) is 19.9 Å². The monoisotopic (exact) mass is 452 g/mol. The second-order valence-electron chi connectivity index (χ2n) is 10.4. The van der Waals surface area contributed by atoms with E-state index in [1.54, 1.807) is 13.8 Å². The molecule has 0 amide bonds. The van der Waals surface area contributed by atoms with Crippen LogP contribution in [0.25, 0.3) is 0 Å². The van der Waals surface area contributed by atoms with Crippen LogP contribution in [0.4, 0.5) is 8.78 Å². The molecule has 0 aliphatic heterocycles. The Balaban J connectivity index is 1.88. The highest BCUT2D eigenvalue weighted by atomic mass is 19.1. The molecular weight excluding hydrogens is 422 g/mol. The van der Waals surface area contributed by atoms with Crippen LogP contribution in [0.5, 0.6) is 0 Å². The number of rotatable bonds is 3. The maximum absolute atomic E-state index is 17.1. The summed E-state index contributed by atoms with van der Waals surface area (Å²) in [7, 11) is 0. The lowest BCUT2D eigenvalue weighted by Gasteiger charge is -2.62. The van der Waals surface area contributed by atoms with Crippen LogP contribution in [0.3, 0.4) is 0 Å². The first-order valence-corrected chi connectivity index (χ1v) is 11.1. The maximum atomic E-state index is 17.1. The third kappa shape index (κ3) is 2.48. The lowest BCUT2D eigenvalue weighted by atomic mass is 9.44. The quantitative estimate of drug-likeness (QED) is 0.639. The van der Waals surface area contributed by atoms with Gasteiger partial charge in [0.15, 0.2) is 17.1 Å². The Hall–Kier alpha value is -1.93. The van der Waals surface area contributed by atoms with Crippen molar-refractivity contribution in [1.29, 1.82) is 0 Å². The van der Waals surface area contributed by atoms with Crippen LogP contribution in [0.2, 0.25) is 0 Å². The molecule has 4 aliphatic rings. The van der Waals surface area contributed by atoms with Crippen molar-refractivity contribution in [3.05, 3.63) is 23.6 Å². The number of esters is 1. The maximum Gasteiger partial charge on any atom is 0.303 e. The van der Waals surface area contributed by atoms with Crippen molar-refractivity contribution < 1.29 is 38.1 Å². The number of aliphatic hydroxyl groups excluding tert-OH is 2. The third-order valence-electron chi connectivity index (χ3n) is 9.14. The SMILES string of the molecule is CC(=O)O[C@]1(C(=O)CO)[C@@H](C)C[C@H]2[C@@H]3CCC4=C(F)C(=O)C=C[C@]4(C)[C@@]3(F)[C@@H](O)C[C@@]21C. The van der Waals surface area contributed by atoms with E-state index in [1.165, 1.54) is 19.9 Å². The molecule has 8 heteroatoms. The summed E-state index contributed by atoms with van der Waals surface area (Å²) in [6, 6.07) is 0. The van der Waals surface area contributed by atoms with Crippen molar-refractivity contribution in [2.45, 2.75) is 70.8 Å². The third-order valence-corrected chi connectivity index (χ3v) is 9.14. The van der Waals surface area contributed by atoms with E-state index in [9.17, 15) is 29.0 Å². The van der Waals surface area contributed by atoms with Gasteiger partial charge in [-0.3, -0.25) is 14.4 Å². The zero-order chi connectivity index (χ0) is 23.9. The molecule has 0 spiro atoms. The Morgan fingerprint density at radius 3 is 2.53 bits per heavy atom. The number of alkyl halides is 1. The molecule has 0 heterocycles. The molecule has 0 radical (unpaired) electrons. The number of halogens is 2. The van der Waals surface area contributed by atoms with Gasteiger partial charge in [-0.25, -0.2) is 8.78 Å². The topological polar surface area (TPSA) is 101 Å². The number of Topliss-reactive ketones (excluding diaryl/α,β-unsaturated/α-hetero) is 1. The molecule has 0 saturated heterocycles. The Kier molecular flexibility index (Phi) is 5.11. The highest BCUT2D eigenvalue weighted by molar-refractivity contribution is 6.04. The highest BCUT2D eigenvalue weighted by Gasteiger charge is 2.77. The first kappa shape index (κ1) is 23.2. The normalized spacial score (nSPS) is 47.6. The fourth-order valence-corrected chi connectivity index (χ4v) is 7.82. The van der Waals surface area contributed by atoms with Crippen molar-refractivity contribution in [2.24, 2.45) is 28.6 Å². The van der Waals surface area contributed by atoms with Crippen LogP contribution in [-0.2, 0) is 19.1 Å². The number of ether oxygens (including phenoxy) is 1. The van der Waals surface area contributed by atoms with Gasteiger partial charge in [0.25, 0.3) is 0 Å². The second kappa shape index (κ2) is 7.03. The van der Waals surface area contributed by atoms with Gasteiger partial charge in [0, 0.05) is 29.6 Å². The van der Waals surface area contributed by atoms with E-state index in [0.29, 0.717) is 6.42 Å². The number of hydrogen-bond acceptors (Lipinski definition) is 6. The molecule has 32 heavy (non-hydrogen) atoms. The van der Waals surface area contributed by atoms with Crippen molar-refractivity contribution in [3.63, 3.8) is 0 Å². The van der Waals surface area contributed by atoms with E-state index >= 15 is 4.39 Å². The molecule has 0 aromatic heterocycles. The molecule has 2 N–H and O–H groups in total. The molecule has 6 nitrogen and oxygen atoms in total. The minimum Gasteiger partial charge on any atom is -0.450 e. The molecule has 8 atom stereocenters. The predicted octanol–water partition coefficient (Wildman–Crippen LogP) is 2.76. The van der Waals surface area contributed by atoms with Gasteiger partial charge < -0.3 is 14.9 Å². The Labute approximate surface area is 185 Å². The summed E-state index contributed by atoms with van der Waals surface area (Å²) in [5, 5.41) is 21.0. The Morgan fingerprint density at radius 2 is 1.94 bits per heavy atom. The van der Waals surface area contributed by atoms with Crippen LogP contribution < -0.4 is 0 Å². The molecule has 3 saturated carbocycles. The van der Waals surface area contributed by atoms with Crippen LogP contribution >= 0.6 is 0 Å². The van der Waals surface area contributed by atoms with E-state index in [2.05, 4.69) is 0 Å². The van der Waals surface area contributed by atoms with Gasteiger partial charge in [-0.15, -0.1) is 0 Å². The minimum atomic E-state index is -2.27. The number of hydrogen-bond donors (Lipinski definition) is 2. The van der Waals surface area contributed by atoms with Crippen LogP contribution in [0.15, 0.2) is 23.6 Å². The van der Waals surface area contributed by atoms with Crippen LogP contribution in [0.1, 0.15) is 53.4 Å². The summed E-state index contributed by atoms with van der Waals surface area (Å²) in [5.41, 5.74) is -6.53. The number of carbonyl (C=O) groups excluding carboxylic acids is 3. The number of allylic oxidation sites excluding steroid dienone is 4. The number of carbonyl (C=O) groups is 3. The second-order valence-corrected chi connectivity index (χ2v) is 10.4. The van der Waals surface area contributed by atoms with Crippen LogP contribution in [-0.4, -0.2) is 51.7 Å². The summed E-state index contributed by atoms with van der Waals surface area (Å²) in [6.45, 7) is 5.30. The van der Waals surface area contributed by atoms with E-state index in [1.807, 2.05) is 0 Å². The molecular formula is C24H30F2O6. The summed E-state index contributed by atoms with van der Waals surface area (Å²) in [5.74, 6) is -4.86. The average molecular weight is 452 g/mol. The molecule has 4 rings (SSSR count). The van der Waals surface area contributed by atoms with E-state index in [-0.39, 0.29) is 24.8 Å². The number of fused-ring (bicyclic) bond motifs is 5. The summed E-state index contributed by atoms with van der Waals surface area (Å²) in [4.78, 5) is 37.0. The van der Waals surface area contributed by atoms with Crippen molar-refractivity contribution in [1.82, 2.24) is 0 Å². The first-order chi connectivity index (χ1) is 14.8. The lowest BCUT2D eigenvalue weighted by molar-refractivity contribution is -0.228. The standard InChI is InChI=1S/C24H30F2O6/c1-12-9-16-14-5-6-15-20(25)17(29)7-8-21(15,3)23(14,26)18(30)10-22(16,4)24(12,19(31)11-27)32-13(2)28/h7-8,12,14,16,18,27,30H,5-6,9-11H2,1-4H3/t12-,14-,16-,18-,21-,22-,23-,24-/m0/s1. The summed E-state index contributed by atoms with van der Waals surface area (Å²) >= 11 is 0. The average Bonchev–Trinajstić information content (AvgIpc) is 2.93. The summed E-state index contributed by atoms with van der Waals surface area (Å²) in [6.07, 6.45) is 1.26. The predicted molar refractivity (Wildman–Crippen MR) is 110 cm³/mol. The smallest absolute Gasteiger partial charge is 0.303 e. The van der Waals surface area contributed by atoms with E-state index in [4.69, 9.17) is 4.74 Å². The minimum absolute atomic E-state index is 0.0649. The van der Waals surface area contributed by atoms with Gasteiger partial charge in [0.1, 0.15) is 6.61 Å². The van der Waals surface area contributed by atoms with Gasteiger partial charge in [0.05, 0.1) is 6.10 Å². The number of ketones is 2. The van der Waals surface area contributed by atoms with Gasteiger partial charge >= 0.3 is 5.97 Å². The lowest BCUT2D eigenvalue weighted by Crippen LogP contribution is -2.70. The summed E-state index contributed by atoms with van der Waals surface area (Å²) < 4.78 is 37.5. The fourth-order valence-electron chi connectivity index (χ4n) is 7.82. The fraction of sp³-hybridized carbons (Fsp3) is 0.708. The molecule has 0 aromatic rings.